The molecule has 1 saturated heterocycles. The van der Waals surface area contributed by atoms with Crippen LogP contribution in [-0.4, -0.2) is 65.2 Å². The van der Waals surface area contributed by atoms with Gasteiger partial charge in [-0.05, 0) is 47.5 Å². The standard InChI is InChI=1S/C31H28FN5O5S/c1-42-28-19-25(32)10-13-29(28)43(40,41)35-17-15-34(16-18-35)21-27-31(23-7-11-26(12-8-23)37(38)39)33-30-14-9-24(20-36(27)30)22-5-3-2-4-6-22/h2-14,19-20H,15-18,21H2,1H3. The van der Waals surface area contributed by atoms with E-state index < -0.39 is 20.8 Å². The Bertz CT molecular complexity index is 1900. The maximum absolute atomic E-state index is 13.7. The lowest BCUT2D eigenvalue weighted by atomic mass is 10.1. The summed E-state index contributed by atoms with van der Waals surface area (Å²) in [5, 5.41) is 11.2. The highest BCUT2D eigenvalue weighted by molar-refractivity contribution is 7.89. The number of fused-ring (bicyclic) bond motifs is 1. The number of methoxy groups -OCH3 is 1. The molecule has 0 spiro atoms. The van der Waals surface area contributed by atoms with Crippen molar-refractivity contribution in [1.29, 1.82) is 0 Å². The molecule has 3 aromatic carbocycles. The van der Waals surface area contributed by atoms with E-state index in [0.717, 1.165) is 40.2 Å². The lowest BCUT2D eigenvalue weighted by Gasteiger charge is -2.34. The fourth-order valence-corrected chi connectivity index (χ4v) is 6.91. The monoisotopic (exact) mass is 601 g/mol. The molecular weight excluding hydrogens is 573 g/mol. The summed E-state index contributed by atoms with van der Waals surface area (Å²) >= 11 is 0. The van der Waals surface area contributed by atoms with E-state index in [9.17, 15) is 22.9 Å². The Morgan fingerprint density at radius 3 is 2.28 bits per heavy atom. The molecule has 5 aromatic rings. The molecule has 0 atom stereocenters. The molecule has 2 aromatic heterocycles. The second kappa shape index (κ2) is 11.6. The van der Waals surface area contributed by atoms with Gasteiger partial charge >= 0.3 is 0 Å². The van der Waals surface area contributed by atoms with Crippen LogP contribution in [0.1, 0.15) is 5.69 Å². The maximum atomic E-state index is 13.7. The lowest BCUT2D eigenvalue weighted by Crippen LogP contribution is -2.48. The van der Waals surface area contributed by atoms with Gasteiger partial charge in [-0.15, -0.1) is 0 Å². The van der Waals surface area contributed by atoms with E-state index in [1.807, 2.05) is 53.1 Å². The number of pyridine rings is 1. The molecule has 0 radical (unpaired) electrons. The fraction of sp³-hybridized carbons (Fsp3) is 0.194. The maximum Gasteiger partial charge on any atom is 0.269 e. The van der Waals surface area contributed by atoms with Gasteiger partial charge in [0.2, 0.25) is 10.0 Å². The molecule has 0 unspecified atom stereocenters. The zero-order valence-corrected chi connectivity index (χ0v) is 24.1. The van der Waals surface area contributed by atoms with Gasteiger partial charge in [0.05, 0.1) is 23.4 Å². The number of piperazine rings is 1. The number of benzene rings is 3. The molecule has 10 nitrogen and oxygen atoms in total. The van der Waals surface area contributed by atoms with E-state index in [2.05, 4.69) is 4.90 Å². The molecule has 0 bridgehead atoms. The van der Waals surface area contributed by atoms with E-state index in [-0.39, 0.29) is 29.4 Å². The molecule has 220 valence electrons. The number of rotatable bonds is 8. The predicted octanol–water partition coefficient (Wildman–Crippen LogP) is 5.23. The predicted molar refractivity (Wildman–Crippen MR) is 160 cm³/mol. The minimum absolute atomic E-state index is 0.00413. The third-order valence-electron chi connectivity index (χ3n) is 7.62. The van der Waals surface area contributed by atoms with Crippen LogP contribution >= 0.6 is 0 Å². The van der Waals surface area contributed by atoms with Gasteiger partial charge in [0.1, 0.15) is 22.1 Å². The first-order valence-corrected chi connectivity index (χ1v) is 15.1. The summed E-state index contributed by atoms with van der Waals surface area (Å²) in [5.74, 6) is -0.608. The quantitative estimate of drug-likeness (QED) is 0.177. The molecule has 43 heavy (non-hydrogen) atoms. The van der Waals surface area contributed by atoms with E-state index >= 15 is 0 Å². The Balaban J connectivity index is 1.31. The second-order valence-corrected chi connectivity index (χ2v) is 12.1. The van der Waals surface area contributed by atoms with E-state index in [0.29, 0.717) is 25.3 Å². The Kier molecular flexibility index (Phi) is 7.65. The Morgan fingerprint density at radius 1 is 0.907 bits per heavy atom. The number of halogens is 1. The van der Waals surface area contributed by atoms with Crippen molar-refractivity contribution >= 4 is 21.4 Å². The topological polar surface area (TPSA) is 110 Å². The fourth-order valence-electron chi connectivity index (χ4n) is 5.35. The van der Waals surface area contributed by atoms with Crippen molar-refractivity contribution in [1.82, 2.24) is 18.6 Å². The highest BCUT2D eigenvalue weighted by Gasteiger charge is 2.32. The normalized spacial score (nSPS) is 14.7. The smallest absolute Gasteiger partial charge is 0.269 e. The Morgan fingerprint density at radius 2 is 1.60 bits per heavy atom. The summed E-state index contributed by atoms with van der Waals surface area (Å²) in [6.07, 6.45) is 2.03. The number of aromatic nitrogens is 2. The van der Waals surface area contributed by atoms with Gasteiger partial charge in [-0.3, -0.25) is 15.0 Å². The minimum atomic E-state index is -3.90. The summed E-state index contributed by atoms with van der Waals surface area (Å²) in [7, 11) is -2.58. The van der Waals surface area contributed by atoms with Crippen LogP contribution in [-0.2, 0) is 16.6 Å². The van der Waals surface area contributed by atoms with Crippen LogP contribution in [0.2, 0.25) is 0 Å². The van der Waals surface area contributed by atoms with Crippen molar-refractivity contribution in [3.05, 3.63) is 113 Å². The molecule has 0 amide bonds. The van der Waals surface area contributed by atoms with Crippen molar-refractivity contribution in [2.24, 2.45) is 0 Å². The SMILES string of the molecule is COc1cc(F)ccc1S(=O)(=O)N1CCN(Cc2c(-c3ccc([N+](=O)[O-])cc3)nc3ccc(-c4ccccc4)cn23)CC1. The van der Waals surface area contributed by atoms with Crippen LogP contribution in [0, 0.1) is 15.9 Å². The molecule has 0 aliphatic carbocycles. The molecule has 0 N–H and O–H groups in total. The van der Waals surface area contributed by atoms with Crippen molar-refractivity contribution in [2.45, 2.75) is 11.4 Å². The number of hydrogen-bond acceptors (Lipinski definition) is 7. The first-order chi connectivity index (χ1) is 20.7. The molecule has 1 fully saturated rings. The average Bonchev–Trinajstić information content (AvgIpc) is 3.38. The number of nitrogens with zero attached hydrogens (tertiary/aromatic N) is 5. The molecule has 0 saturated carbocycles. The highest BCUT2D eigenvalue weighted by atomic mass is 32.2. The third-order valence-corrected chi connectivity index (χ3v) is 9.56. The van der Waals surface area contributed by atoms with Crippen LogP contribution in [0.4, 0.5) is 10.1 Å². The Hall–Kier alpha value is -4.65. The van der Waals surface area contributed by atoms with Gasteiger partial charge in [-0.1, -0.05) is 30.3 Å². The van der Waals surface area contributed by atoms with Crippen LogP contribution in [0.25, 0.3) is 28.0 Å². The van der Waals surface area contributed by atoms with E-state index in [1.54, 1.807) is 12.1 Å². The van der Waals surface area contributed by atoms with Crippen LogP contribution in [0.5, 0.6) is 5.75 Å². The van der Waals surface area contributed by atoms with Gasteiger partial charge in [-0.25, -0.2) is 17.8 Å². The van der Waals surface area contributed by atoms with Crippen LogP contribution in [0.15, 0.2) is 96.0 Å². The molecular formula is C31H28FN5O5S. The lowest BCUT2D eigenvalue weighted by molar-refractivity contribution is -0.384. The number of ether oxygens (including phenoxy) is 1. The van der Waals surface area contributed by atoms with Gasteiger partial charge in [-0.2, -0.15) is 4.31 Å². The first-order valence-electron chi connectivity index (χ1n) is 13.6. The van der Waals surface area contributed by atoms with Crippen molar-refractivity contribution in [3.8, 4) is 28.1 Å². The molecule has 1 aliphatic rings. The van der Waals surface area contributed by atoms with E-state index in [1.165, 1.54) is 29.6 Å². The summed E-state index contributed by atoms with van der Waals surface area (Å²) in [5.41, 5.74) is 5.12. The summed E-state index contributed by atoms with van der Waals surface area (Å²) < 4.78 is 49.1. The average molecular weight is 602 g/mol. The molecule has 6 rings (SSSR count). The van der Waals surface area contributed by atoms with Crippen molar-refractivity contribution < 1.29 is 22.5 Å². The molecule has 12 heteroatoms. The van der Waals surface area contributed by atoms with Gasteiger partial charge in [0, 0.05) is 62.7 Å². The Labute approximate surface area is 247 Å². The first kappa shape index (κ1) is 28.5. The zero-order chi connectivity index (χ0) is 30.1. The summed E-state index contributed by atoms with van der Waals surface area (Å²) in [4.78, 5) is 17.8. The van der Waals surface area contributed by atoms with Crippen molar-refractivity contribution in [3.63, 3.8) is 0 Å². The number of imidazole rings is 1. The van der Waals surface area contributed by atoms with Crippen LogP contribution in [0.3, 0.4) is 0 Å². The number of nitro groups is 1. The zero-order valence-electron chi connectivity index (χ0n) is 23.3. The van der Waals surface area contributed by atoms with Gasteiger partial charge in [0.15, 0.2) is 0 Å². The third kappa shape index (κ3) is 5.59. The van der Waals surface area contributed by atoms with Gasteiger partial charge < -0.3 is 9.14 Å². The summed E-state index contributed by atoms with van der Waals surface area (Å²) in [6.45, 7) is 1.85. The highest BCUT2D eigenvalue weighted by Crippen LogP contribution is 2.31. The summed E-state index contributed by atoms with van der Waals surface area (Å²) in [6, 6.07) is 23.7. The number of hydrogen-bond donors (Lipinski definition) is 0. The van der Waals surface area contributed by atoms with Crippen LogP contribution < -0.4 is 4.74 Å². The van der Waals surface area contributed by atoms with Crippen molar-refractivity contribution in [2.75, 3.05) is 33.3 Å². The number of non-ortho nitro benzene ring substituents is 1. The molecule has 3 heterocycles. The molecule has 1 aliphatic heterocycles. The van der Waals surface area contributed by atoms with Gasteiger partial charge in [0.25, 0.3) is 5.69 Å². The number of nitro benzene ring substituents is 1. The number of sulfonamides is 1. The minimum Gasteiger partial charge on any atom is -0.495 e. The second-order valence-electron chi connectivity index (χ2n) is 10.2. The van der Waals surface area contributed by atoms with E-state index in [4.69, 9.17) is 9.72 Å². The largest absolute Gasteiger partial charge is 0.495 e.